The van der Waals surface area contributed by atoms with E-state index in [0.717, 1.165) is 35.1 Å². The standard InChI is InChI=1S/C20H26IN3O2S/c1-5-9-23(10-6-2)18(25)13-27-20-22-17-8-7-15(21)11-16(17)19(26)24(20)12-14(3)4/h7-8,11H,3,5-6,9-10,12-13H2,1-2,4H3. The number of carbonyl (C=O) groups is 1. The average molecular weight is 499 g/mol. The molecule has 0 unspecified atom stereocenters. The van der Waals surface area contributed by atoms with Gasteiger partial charge in [-0.15, -0.1) is 0 Å². The number of hydrogen-bond acceptors (Lipinski definition) is 4. The van der Waals surface area contributed by atoms with Gasteiger partial charge >= 0.3 is 0 Å². The van der Waals surface area contributed by atoms with Crippen molar-refractivity contribution >= 4 is 51.2 Å². The maximum Gasteiger partial charge on any atom is 0.262 e. The second kappa shape index (κ2) is 10.3. The van der Waals surface area contributed by atoms with Crippen molar-refractivity contribution in [3.8, 4) is 0 Å². The number of fused-ring (bicyclic) bond motifs is 1. The molecule has 1 aromatic heterocycles. The van der Waals surface area contributed by atoms with E-state index < -0.39 is 0 Å². The van der Waals surface area contributed by atoms with Crippen molar-refractivity contribution in [2.75, 3.05) is 18.8 Å². The van der Waals surface area contributed by atoms with E-state index >= 15 is 0 Å². The van der Waals surface area contributed by atoms with E-state index in [9.17, 15) is 9.59 Å². The summed E-state index contributed by atoms with van der Waals surface area (Å²) in [5, 5.41) is 1.16. The summed E-state index contributed by atoms with van der Waals surface area (Å²) in [6, 6.07) is 5.64. The summed E-state index contributed by atoms with van der Waals surface area (Å²) >= 11 is 3.52. The molecule has 146 valence electrons. The number of thioether (sulfide) groups is 1. The Bertz CT molecular complexity index is 889. The summed E-state index contributed by atoms with van der Waals surface area (Å²) in [6.07, 6.45) is 1.87. The monoisotopic (exact) mass is 499 g/mol. The van der Waals surface area contributed by atoms with Gasteiger partial charge in [-0.1, -0.05) is 37.8 Å². The van der Waals surface area contributed by atoms with Crippen LogP contribution in [0, 0.1) is 3.57 Å². The summed E-state index contributed by atoms with van der Waals surface area (Å²) < 4.78 is 2.62. The molecule has 0 atom stereocenters. The highest BCUT2D eigenvalue weighted by Gasteiger charge is 2.16. The minimum atomic E-state index is -0.0876. The van der Waals surface area contributed by atoms with Crippen molar-refractivity contribution in [1.82, 2.24) is 14.5 Å². The molecule has 0 spiro atoms. The number of hydrogen-bond donors (Lipinski definition) is 0. The van der Waals surface area contributed by atoms with Gasteiger partial charge in [0.25, 0.3) is 5.56 Å². The van der Waals surface area contributed by atoms with E-state index in [4.69, 9.17) is 0 Å². The predicted molar refractivity (Wildman–Crippen MR) is 121 cm³/mol. The number of rotatable bonds is 9. The van der Waals surface area contributed by atoms with Gasteiger partial charge in [0.1, 0.15) is 0 Å². The van der Waals surface area contributed by atoms with E-state index in [1.54, 1.807) is 4.57 Å². The van der Waals surface area contributed by atoms with Crippen molar-refractivity contribution in [1.29, 1.82) is 0 Å². The predicted octanol–water partition coefficient (Wildman–Crippen LogP) is 4.32. The zero-order valence-corrected chi connectivity index (χ0v) is 19.1. The van der Waals surface area contributed by atoms with Crippen LogP contribution in [0.3, 0.4) is 0 Å². The highest BCUT2D eigenvalue weighted by molar-refractivity contribution is 14.1. The fraction of sp³-hybridized carbons (Fsp3) is 0.450. The fourth-order valence-corrected chi connectivity index (χ4v) is 4.20. The van der Waals surface area contributed by atoms with Gasteiger partial charge in [-0.2, -0.15) is 0 Å². The summed E-state index contributed by atoms with van der Waals surface area (Å²) in [4.78, 5) is 32.1. The van der Waals surface area contributed by atoms with Gasteiger partial charge in [-0.3, -0.25) is 14.2 Å². The zero-order chi connectivity index (χ0) is 20.0. The van der Waals surface area contributed by atoms with Crippen LogP contribution in [-0.4, -0.2) is 39.2 Å². The molecule has 5 nitrogen and oxygen atoms in total. The number of amides is 1. The molecule has 0 N–H and O–H groups in total. The third kappa shape index (κ3) is 5.81. The molecule has 0 saturated heterocycles. The van der Waals surface area contributed by atoms with Crippen LogP contribution in [0.1, 0.15) is 33.6 Å². The van der Waals surface area contributed by atoms with Gasteiger partial charge in [0, 0.05) is 23.2 Å². The van der Waals surface area contributed by atoms with E-state index in [0.29, 0.717) is 22.6 Å². The number of allylic oxidation sites excluding steroid dienone is 1. The van der Waals surface area contributed by atoms with Gasteiger partial charge in [-0.05, 0) is 60.6 Å². The lowest BCUT2D eigenvalue weighted by atomic mass is 10.2. The molecule has 0 aliphatic rings. The topological polar surface area (TPSA) is 55.2 Å². The zero-order valence-electron chi connectivity index (χ0n) is 16.1. The summed E-state index contributed by atoms with van der Waals surface area (Å²) in [5.41, 5.74) is 1.44. The van der Waals surface area contributed by atoms with Crippen molar-refractivity contribution < 1.29 is 4.79 Å². The second-order valence-electron chi connectivity index (χ2n) is 6.57. The third-order valence-corrected chi connectivity index (χ3v) is 5.61. The summed E-state index contributed by atoms with van der Waals surface area (Å²) in [6.45, 7) is 11.9. The minimum Gasteiger partial charge on any atom is -0.342 e. The molecule has 0 radical (unpaired) electrons. The highest BCUT2D eigenvalue weighted by Crippen LogP contribution is 2.20. The molecule has 0 aliphatic heterocycles. The number of benzene rings is 1. The minimum absolute atomic E-state index is 0.0857. The van der Waals surface area contributed by atoms with E-state index in [2.05, 4.69) is 48.0 Å². The van der Waals surface area contributed by atoms with E-state index in [1.165, 1.54) is 11.8 Å². The maximum absolute atomic E-state index is 13.0. The molecule has 0 aliphatic carbocycles. The normalized spacial score (nSPS) is 11.0. The van der Waals surface area contributed by atoms with Crippen LogP contribution in [0.4, 0.5) is 0 Å². The molecule has 7 heteroatoms. The van der Waals surface area contributed by atoms with Crippen LogP contribution < -0.4 is 5.56 Å². The quantitative estimate of drug-likeness (QED) is 0.223. The average Bonchev–Trinajstić information content (AvgIpc) is 2.62. The van der Waals surface area contributed by atoms with Crippen molar-refractivity contribution in [3.05, 3.63) is 44.3 Å². The van der Waals surface area contributed by atoms with Crippen LogP contribution in [0.2, 0.25) is 0 Å². The van der Waals surface area contributed by atoms with Crippen LogP contribution in [-0.2, 0) is 11.3 Å². The largest absolute Gasteiger partial charge is 0.342 e. The van der Waals surface area contributed by atoms with Gasteiger partial charge in [0.2, 0.25) is 5.91 Å². The lowest BCUT2D eigenvalue weighted by molar-refractivity contribution is -0.128. The number of halogens is 1. The number of nitrogens with zero attached hydrogens (tertiary/aromatic N) is 3. The Morgan fingerprint density at radius 2 is 1.96 bits per heavy atom. The Morgan fingerprint density at radius 3 is 2.56 bits per heavy atom. The maximum atomic E-state index is 13.0. The fourth-order valence-electron chi connectivity index (χ4n) is 2.81. The smallest absolute Gasteiger partial charge is 0.262 e. The van der Waals surface area contributed by atoms with Crippen molar-refractivity contribution in [2.24, 2.45) is 0 Å². The summed E-state index contributed by atoms with van der Waals surface area (Å²) in [5.74, 6) is 0.362. The van der Waals surface area contributed by atoms with E-state index in [1.807, 2.05) is 30.0 Å². The van der Waals surface area contributed by atoms with Crippen LogP contribution >= 0.6 is 34.4 Å². The Hall–Kier alpha value is -1.35. The van der Waals surface area contributed by atoms with Crippen molar-refractivity contribution in [3.63, 3.8) is 0 Å². The molecule has 2 rings (SSSR count). The molecule has 1 amide bonds. The van der Waals surface area contributed by atoms with Crippen LogP contribution in [0.15, 0.2) is 40.3 Å². The number of carbonyl (C=O) groups excluding carboxylic acids is 1. The second-order valence-corrected chi connectivity index (χ2v) is 8.76. The van der Waals surface area contributed by atoms with Crippen LogP contribution in [0.5, 0.6) is 0 Å². The molecule has 0 bridgehead atoms. The molecule has 27 heavy (non-hydrogen) atoms. The van der Waals surface area contributed by atoms with Crippen molar-refractivity contribution in [2.45, 2.75) is 45.3 Å². The first-order chi connectivity index (χ1) is 12.9. The molecular formula is C20H26IN3O2S. The lowest BCUT2D eigenvalue weighted by Gasteiger charge is -2.21. The Kier molecular flexibility index (Phi) is 8.34. The van der Waals surface area contributed by atoms with Crippen LogP contribution in [0.25, 0.3) is 10.9 Å². The molecule has 1 aromatic carbocycles. The molecule has 0 fully saturated rings. The molecule has 0 saturated carbocycles. The Balaban J connectivity index is 2.35. The number of aromatic nitrogens is 2. The summed E-state index contributed by atoms with van der Waals surface area (Å²) in [7, 11) is 0. The molecule has 1 heterocycles. The third-order valence-electron chi connectivity index (χ3n) is 3.97. The Morgan fingerprint density at radius 1 is 1.30 bits per heavy atom. The lowest BCUT2D eigenvalue weighted by Crippen LogP contribution is -2.34. The van der Waals surface area contributed by atoms with Gasteiger partial charge < -0.3 is 4.90 Å². The first-order valence-electron chi connectivity index (χ1n) is 9.12. The van der Waals surface area contributed by atoms with Gasteiger partial charge in [-0.25, -0.2) is 4.98 Å². The first-order valence-corrected chi connectivity index (χ1v) is 11.2. The van der Waals surface area contributed by atoms with Gasteiger partial charge in [0.05, 0.1) is 16.7 Å². The highest BCUT2D eigenvalue weighted by atomic mass is 127. The Labute approximate surface area is 178 Å². The van der Waals surface area contributed by atoms with Gasteiger partial charge in [0.15, 0.2) is 5.16 Å². The van der Waals surface area contributed by atoms with E-state index in [-0.39, 0.29) is 17.2 Å². The molecular weight excluding hydrogens is 473 g/mol. The first kappa shape index (κ1) is 21.9. The SMILES string of the molecule is C=C(C)Cn1c(SCC(=O)N(CCC)CCC)nc2ccc(I)cc2c1=O. The molecule has 2 aromatic rings.